The molecule has 0 bridgehead atoms. The van der Waals surface area contributed by atoms with E-state index in [0.717, 1.165) is 35.8 Å². The Bertz CT molecular complexity index is 1220. The summed E-state index contributed by atoms with van der Waals surface area (Å²) in [7, 11) is 5.95. The van der Waals surface area contributed by atoms with Crippen LogP contribution in [0.5, 0.6) is 0 Å². The Hall–Kier alpha value is -2.79. The van der Waals surface area contributed by atoms with Crippen LogP contribution in [0, 0.1) is 13.8 Å². The minimum absolute atomic E-state index is 0.0338. The summed E-state index contributed by atoms with van der Waals surface area (Å²) in [6.45, 7) is 10.3. The van der Waals surface area contributed by atoms with Crippen molar-refractivity contribution in [1.82, 2.24) is 25.0 Å². The predicted molar refractivity (Wildman–Crippen MR) is 160 cm³/mol. The van der Waals surface area contributed by atoms with E-state index < -0.39 is 0 Å². The molecule has 1 saturated heterocycles. The number of likely N-dealkylation sites (tertiary alicyclic amines) is 1. The zero-order chi connectivity index (χ0) is 28.2. The molecule has 1 aliphatic rings. The lowest BCUT2D eigenvalue weighted by Gasteiger charge is -2.38. The second-order valence-corrected chi connectivity index (χ2v) is 11.1. The number of benzene rings is 1. The molecule has 0 aliphatic carbocycles. The molecule has 0 saturated carbocycles. The van der Waals surface area contributed by atoms with Gasteiger partial charge in [-0.25, -0.2) is 0 Å². The molecule has 0 spiro atoms. The van der Waals surface area contributed by atoms with Gasteiger partial charge in [0.15, 0.2) is 0 Å². The number of aryl methyl sites for hydroxylation is 2. The van der Waals surface area contributed by atoms with Gasteiger partial charge >= 0.3 is 0 Å². The fourth-order valence-electron chi connectivity index (χ4n) is 4.04. The van der Waals surface area contributed by atoms with Crippen LogP contribution in [0.1, 0.15) is 22.0 Å². The van der Waals surface area contributed by atoms with Gasteiger partial charge in [-0.05, 0) is 81.8 Å². The number of likely N-dealkylation sites (N-methyl/N-ethyl adjacent to an activating group) is 2. The normalized spacial score (nSPS) is 13.5. The highest BCUT2D eigenvalue weighted by molar-refractivity contribution is 9.10. The number of thiophene rings is 1. The molecule has 8 nitrogen and oxygen atoms in total. The third-order valence-electron chi connectivity index (χ3n) is 6.31. The predicted octanol–water partition coefficient (Wildman–Crippen LogP) is 3.92. The average Bonchev–Trinajstić information content (AvgIpc) is 3.42. The van der Waals surface area contributed by atoms with Gasteiger partial charge in [0.2, 0.25) is 12.3 Å². The molecule has 10 heteroatoms. The van der Waals surface area contributed by atoms with Crippen LogP contribution in [0.15, 0.2) is 53.0 Å². The number of amides is 2. The van der Waals surface area contributed by atoms with Crippen molar-refractivity contribution in [3.63, 3.8) is 0 Å². The zero-order valence-electron chi connectivity index (χ0n) is 22.7. The maximum Gasteiger partial charge on any atom is 0.246 e. The molecule has 1 aromatic carbocycles. The highest BCUT2D eigenvalue weighted by atomic mass is 79.9. The molecule has 1 aliphatic heterocycles. The molecule has 1 fully saturated rings. The van der Waals surface area contributed by atoms with Gasteiger partial charge in [0.25, 0.3) is 0 Å². The Morgan fingerprint density at radius 3 is 2.47 bits per heavy atom. The molecule has 3 aromatic rings. The van der Waals surface area contributed by atoms with Crippen molar-refractivity contribution in [2.75, 3.05) is 40.8 Å². The molecule has 2 aromatic heterocycles. The molecule has 38 heavy (non-hydrogen) atoms. The molecule has 206 valence electrons. The van der Waals surface area contributed by atoms with E-state index in [1.165, 1.54) is 27.5 Å². The Morgan fingerprint density at radius 1 is 1.24 bits per heavy atom. The highest BCUT2D eigenvalue weighted by Crippen LogP contribution is 2.26. The molecule has 2 amide bonds. The van der Waals surface area contributed by atoms with E-state index in [0.29, 0.717) is 19.1 Å². The van der Waals surface area contributed by atoms with E-state index in [2.05, 4.69) is 69.4 Å². The van der Waals surface area contributed by atoms with Crippen molar-refractivity contribution in [2.24, 2.45) is 0 Å². The number of hydrogen-bond donors (Lipinski definition) is 2. The lowest BCUT2D eigenvalue weighted by Crippen LogP contribution is -2.58. The van der Waals surface area contributed by atoms with Crippen molar-refractivity contribution in [3.05, 3.63) is 69.0 Å². The van der Waals surface area contributed by atoms with Gasteiger partial charge in [-0.1, -0.05) is 22.5 Å². The minimum Gasteiger partial charge on any atom is -0.357 e. The molecule has 4 rings (SSSR count). The second kappa shape index (κ2) is 15.6. The lowest BCUT2D eigenvalue weighted by molar-refractivity contribution is -0.130. The number of hydrogen-bond acceptors (Lipinski definition) is 6. The van der Waals surface area contributed by atoms with Crippen LogP contribution in [0.25, 0.3) is 10.9 Å². The number of carbonyl (C=O) groups is 3. The van der Waals surface area contributed by atoms with E-state index in [9.17, 15) is 14.4 Å². The summed E-state index contributed by atoms with van der Waals surface area (Å²) < 4.78 is 3.03. The Morgan fingerprint density at radius 2 is 1.95 bits per heavy atom. The fraction of sp³-hybridized carbons (Fsp3) is 0.393. The van der Waals surface area contributed by atoms with Crippen LogP contribution in [-0.2, 0) is 20.9 Å². The summed E-state index contributed by atoms with van der Waals surface area (Å²) in [6, 6.07) is 8.96. The largest absolute Gasteiger partial charge is 0.357 e. The maximum absolute atomic E-state index is 10.8. The number of nitrogens with zero attached hydrogens (tertiary/aromatic N) is 3. The minimum atomic E-state index is 0.0338. The highest BCUT2D eigenvalue weighted by Gasteiger charge is 2.27. The lowest BCUT2D eigenvalue weighted by atomic mass is 10.1. The molecule has 1 atom stereocenters. The summed E-state index contributed by atoms with van der Waals surface area (Å²) in [5.74, 6) is 0.0338. The number of nitrogens with one attached hydrogen (secondary N) is 2. The number of halogens is 1. The summed E-state index contributed by atoms with van der Waals surface area (Å²) in [6.07, 6.45) is 5.03. The SMILES string of the molecule is C=CC(=O)N1CC(NC)C1.Cc1ccsc1C(CNC=O)N(C)C.Cc1cn(CC=O)c2ccc(Br)cc12. The number of aromatic nitrogens is 1. The average molecular weight is 605 g/mol. The van der Waals surface area contributed by atoms with Crippen LogP contribution in [0.3, 0.4) is 0 Å². The zero-order valence-corrected chi connectivity index (χ0v) is 25.1. The first-order chi connectivity index (χ1) is 18.2. The van der Waals surface area contributed by atoms with Crippen molar-refractivity contribution >= 4 is 56.8 Å². The van der Waals surface area contributed by atoms with Crippen LogP contribution in [-0.4, -0.2) is 79.8 Å². The number of carbonyl (C=O) groups excluding carboxylic acids is 3. The molecule has 2 N–H and O–H groups in total. The number of fused-ring (bicyclic) bond motifs is 1. The Balaban J connectivity index is 0.000000204. The van der Waals surface area contributed by atoms with E-state index >= 15 is 0 Å². The van der Waals surface area contributed by atoms with Crippen molar-refractivity contribution in [1.29, 1.82) is 0 Å². The summed E-state index contributed by atoms with van der Waals surface area (Å²) >= 11 is 5.17. The van der Waals surface area contributed by atoms with E-state index in [1.54, 1.807) is 16.2 Å². The first kappa shape index (κ1) is 31.4. The molecular formula is C28H38BrN5O3S. The van der Waals surface area contributed by atoms with Gasteiger partial charge in [-0.2, -0.15) is 0 Å². The second-order valence-electron chi connectivity index (χ2n) is 9.20. The van der Waals surface area contributed by atoms with Crippen LogP contribution in [0.4, 0.5) is 0 Å². The Labute approximate surface area is 237 Å². The maximum atomic E-state index is 10.8. The first-order valence-electron chi connectivity index (χ1n) is 12.3. The third kappa shape index (κ3) is 8.62. The third-order valence-corrected chi connectivity index (χ3v) is 7.93. The standard InChI is InChI=1S/C11H10BrNO.C10H16N2OS.C7H12N2O/c1-8-7-13(4-5-14)11-3-2-9(12)6-10(8)11;1-8-4-5-14-10(8)9(12(2)3)6-11-7-13;1-3-7(10)9-4-6(5-9)8-2/h2-3,5-7H,4H2,1H3;4-5,7,9H,6H2,1-3H3,(H,11,13);3,6,8H,1,4-5H2,2H3. The van der Waals surface area contributed by atoms with Gasteiger partial charge in [0.05, 0.1) is 12.6 Å². The van der Waals surface area contributed by atoms with Gasteiger partial charge in [-0.3, -0.25) is 9.59 Å². The summed E-state index contributed by atoms with van der Waals surface area (Å²) in [4.78, 5) is 36.8. The van der Waals surface area contributed by atoms with Gasteiger partial charge in [0, 0.05) is 52.1 Å². The number of aldehydes is 1. The van der Waals surface area contributed by atoms with Gasteiger partial charge < -0.3 is 29.8 Å². The van der Waals surface area contributed by atoms with Crippen LogP contribution in [0.2, 0.25) is 0 Å². The molecule has 1 unspecified atom stereocenters. The topological polar surface area (TPSA) is 86.7 Å². The van der Waals surface area contributed by atoms with E-state index in [-0.39, 0.29) is 11.9 Å². The summed E-state index contributed by atoms with van der Waals surface area (Å²) in [5, 5.41) is 9.09. The fourth-order valence-corrected chi connectivity index (χ4v) is 5.53. The first-order valence-corrected chi connectivity index (χ1v) is 14.0. The monoisotopic (exact) mass is 603 g/mol. The quantitative estimate of drug-likeness (QED) is 0.286. The number of rotatable bonds is 9. The smallest absolute Gasteiger partial charge is 0.246 e. The molecule has 0 radical (unpaired) electrons. The van der Waals surface area contributed by atoms with Gasteiger partial charge in [-0.15, -0.1) is 11.3 Å². The van der Waals surface area contributed by atoms with Crippen LogP contribution < -0.4 is 10.6 Å². The summed E-state index contributed by atoms with van der Waals surface area (Å²) in [5.41, 5.74) is 3.60. The van der Waals surface area contributed by atoms with E-state index in [4.69, 9.17) is 0 Å². The van der Waals surface area contributed by atoms with Crippen molar-refractivity contribution in [3.8, 4) is 0 Å². The molecule has 3 heterocycles. The Kier molecular flexibility index (Phi) is 12.9. The van der Waals surface area contributed by atoms with Gasteiger partial charge in [0.1, 0.15) is 6.29 Å². The van der Waals surface area contributed by atoms with Crippen molar-refractivity contribution < 1.29 is 14.4 Å². The van der Waals surface area contributed by atoms with E-state index in [1.807, 2.05) is 44.0 Å². The molecular weight excluding hydrogens is 566 g/mol. The van der Waals surface area contributed by atoms with Crippen molar-refractivity contribution in [2.45, 2.75) is 32.5 Å². The van der Waals surface area contributed by atoms with Crippen LogP contribution >= 0.6 is 27.3 Å².